The van der Waals surface area contributed by atoms with Gasteiger partial charge in [0.05, 0.1) is 42.2 Å². The van der Waals surface area contributed by atoms with E-state index in [1.807, 2.05) is 13.8 Å². The van der Waals surface area contributed by atoms with Crippen LogP contribution in [0.5, 0.6) is 0 Å². The molecule has 252 valence electrons. The van der Waals surface area contributed by atoms with Gasteiger partial charge in [-0.05, 0) is 117 Å². The van der Waals surface area contributed by atoms with E-state index >= 15 is 0 Å². The van der Waals surface area contributed by atoms with Crippen molar-refractivity contribution in [3.05, 3.63) is 0 Å². The van der Waals surface area contributed by atoms with Gasteiger partial charge in [0.2, 0.25) is 0 Å². The Kier molecular flexibility index (Phi) is 7.04. The smallest absolute Gasteiger partial charge is 0.186 e. The Morgan fingerprint density at radius 1 is 0.773 bits per heavy atom. The zero-order chi connectivity index (χ0) is 32.0. The lowest BCUT2D eigenvalue weighted by atomic mass is 9.41. The molecule has 44 heavy (non-hydrogen) atoms. The number of aliphatic hydroxyl groups is 6. The van der Waals surface area contributed by atoms with Crippen LogP contribution in [-0.4, -0.2) is 97.5 Å². The van der Waals surface area contributed by atoms with Crippen LogP contribution in [-0.2, 0) is 14.2 Å². The van der Waals surface area contributed by atoms with Crippen molar-refractivity contribution in [2.24, 2.45) is 44.8 Å². The minimum Gasteiger partial charge on any atom is -0.393 e. The molecule has 2 saturated heterocycles. The highest BCUT2D eigenvalue weighted by atomic mass is 16.7. The lowest BCUT2D eigenvalue weighted by Crippen LogP contribution is -2.64. The Hall–Kier alpha value is -0.360. The minimum absolute atomic E-state index is 0.00574. The Morgan fingerprint density at radius 2 is 1.48 bits per heavy atom. The van der Waals surface area contributed by atoms with E-state index < -0.39 is 53.4 Å². The van der Waals surface area contributed by atoms with Crippen molar-refractivity contribution in [2.75, 3.05) is 6.61 Å². The van der Waals surface area contributed by atoms with Gasteiger partial charge >= 0.3 is 0 Å². The van der Waals surface area contributed by atoms with Crippen molar-refractivity contribution in [1.29, 1.82) is 0 Å². The molecule has 2 aliphatic heterocycles. The summed E-state index contributed by atoms with van der Waals surface area (Å²) in [5.41, 5.74) is -2.20. The van der Waals surface area contributed by atoms with Gasteiger partial charge in [0.1, 0.15) is 18.3 Å². The Bertz CT molecular complexity index is 1160. The highest BCUT2D eigenvalue weighted by Gasteiger charge is 2.85. The van der Waals surface area contributed by atoms with Crippen LogP contribution in [0.3, 0.4) is 0 Å². The van der Waals surface area contributed by atoms with Crippen LogP contribution >= 0.6 is 0 Å². The summed E-state index contributed by atoms with van der Waals surface area (Å²) in [6.07, 6.45) is 1.29. The van der Waals surface area contributed by atoms with Gasteiger partial charge in [-0.2, -0.15) is 0 Å². The second-order valence-corrected chi connectivity index (χ2v) is 18.3. The molecule has 0 aromatic rings. The molecular weight excluding hydrogens is 564 g/mol. The molecular formula is C35H58O9. The van der Waals surface area contributed by atoms with Gasteiger partial charge < -0.3 is 44.8 Å². The summed E-state index contributed by atoms with van der Waals surface area (Å²) in [5.74, 6) is 0.237. The Morgan fingerprint density at radius 3 is 2.14 bits per heavy atom. The van der Waals surface area contributed by atoms with Crippen LogP contribution in [0.25, 0.3) is 0 Å². The minimum atomic E-state index is -1.37. The first-order chi connectivity index (χ1) is 20.3. The van der Waals surface area contributed by atoms with E-state index in [0.29, 0.717) is 6.42 Å². The lowest BCUT2D eigenvalue weighted by molar-refractivity contribution is -0.310. The number of hydrogen-bond acceptors (Lipinski definition) is 9. The van der Waals surface area contributed by atoms with Gasteiger partial charge in [0, 0.05) is 5.92 Å². The number of fused-ring (bicyclic) bond motifs is 2. The van der Waals surface area contributed by atoms with E-state index in [-0.39, 0.29) is 58.2 Å². The van der Waals surface area contributed by atoms with Gasteiger partial charge in [-0.15, -0.1) is 0 Å². The van der Waals surface area contributed by atoms with Crippen molar-refractivity contribution < 1.29 is 44.8 Å². The average Bonchev–Trinajstić information content (AvgIpc) is 3.29. The number of rotatable bonds is 4. The summed E-state index contributed by atoms with van der Waals surface area (Å²) >= 11 is 0. The summed E-state index contributed by atoms with van der Waals surface area (Å²) in [7, 11) is 0. The zero-order valence-corrected chi connectivity index (χ0v) is 27.8. The standard InChI is InChI=1S/C35H58O9/c1-29(2)22(38)8-11-35-17-34(35)13-12-31(5)26(33(7)10-9-23(44-33)30(3,4)41)18(36)15-32(31,6)21(34)14-20(27(29)35)43-28-25(40)24(39)19(37)16-42-28/h18-28,36-41H,8-17H2,1-7H3/t18-,19+,20-,21?,22-,23-,24-,25+,26-,27?,28-,31+,32-,33+,34-,35+/m0/s1. The van der Waals surface area contributed by atoms with Crippen LogP contribution in [0.2, 0.25) is 0 Å². The van der Waals surface area contributed by atoms with E-state index in [1.165, 1.54) is 0 Å². The first kappa shape index (κ1) is 32.2. The third-order valence-electron chi connectivity index (χ3n) is 15.5. The summed E-state index contributed by atoms with van der Waals surface area (Å²) in [6.45, 7) is 14.8. The van der Waals surface area contributed by atoms with Gasteiger partial charge in [-0.25, -0.2) is 0 Å². The molecule has 2 unspecified atom stereocenters. The monoisotopic (exact) mass is 622 g/mol. The molecule has 0 aromatic heterocycles. The van der Waals surface area contributed by atoms with E-state index in [2.05, 4.69) is 34.6 Å². The average molecular weight is 623 g/mol. The van der Waals surface area contributed by atoms with E-state index in [1.54, 1.807) is 0 Å². The van der Waals surface area contributed by atoms with E-state index in [0.717, 1.165) is 51.4 Å². The van der Waals surface area contributed by atoms with Crippen molar-refractivity contribution in [3.63, 3.8) is 0 Å². The molecule has 5 saturated carbocycles. The van der Waals surface area contributed by atoms with E-state index in [4.69, 9.17) is 14.2 Å². The van der Waals surface area contributed by atoms with Crippen LogP contribution in [0.4, 0.5) is 0 Å². The molecule has 2 spiro atoms. The molecule has 6 N–H and O–H groups in total. The highest BCUT2D eigenvalue weighted by molar-refractivity contribution is 5.33. The lowest BCUT2D eigenvalue weighted by Gasteiger charge is -2.65. The third kappa shape index (κ3) is 3.97. The van der Waals surface area contributed by atoms with E-state index in [9.17, 15) is 30.6 Å². The van der Waals surface area contributed by atoms with Gasteiger partial charge in [-0.1, -0.05) is 27.7 Å². The first-order valence-corrected chi connectivity index (χ1v) is 17.4. The molecule has 9 nitrogen and oxygen atoms in total. The van der Waals surface area contributed by atoms with Crippen molar-refractivity contribution in [1.82, 2.24) is 0 Å². The maximum Gasteiger partial charge on any atom is 0.186 e. The zero-order valence-electron chi connectivity index (χ0n) is 27.8. The quantitative estimate of drug-likeness (QED) is 0.260. The topological polar surface area (TPSA) is 149 Å². The largest absolute Gasteiger partial charge is 0.393 e. The Labute approximate surface area is 262 Å². The molecule has 0 aromatic carbocycles. The first-order valence-electron chi connectivity index (χ1n) is 17.4. The fourth-order valence-electron chi connectivity index (χ4n) is 13.3. The highest BCUT2D eigenvalue weighted by Crippen LogP contribution is 2.89. The fraction of sp³-hybridized carbons (Fsp3) is 1.00. The second kappa shape index (κ2) is 9.63. The van der Waals surface area contributed by atoms with Gasteiger partial charge in [-0.3, -0.25) is 0 Å². The summed E-state index contributed by atoms with van der Waals surface area (Å²) in [6, 6.07) is 0. The third-order valence-corrected chi connectivity index (χ3v) is 15.5. The van der Waals surface area contributed by atoms with Crippen molar-refractivity contribution in [2.45, 2.75) is 166 Å². The maximum atomic E-state index is 12.0. The molecule has 0 radical (unpaired) electrons. The summed E-state index contributed by atoms with van der Waals surface area (Å²) < 4.78 is 19.3. The van der Waals surface area contributed by atoms with Crippen molar-refractivity contribution in [3.8, 4) is 0 Å². The molecule has 0 amide bonds. The van der Waals surface area contributed by atoms with Crippen LogP contribution in [0, 0.1) is 44.8 Å². The summed E-state index contributed by atoms with van der Waals surface area (Å²) in [4.78, 5) is 0. The molecule has 9 heteroatoms. The molecule has 5 aliphatic carbocycles. The van der Waals surface area contributed by atoms with Crippen LogP contribution < -0.4 is 0 Å². The molecule has 0 bridgehead atoms. The second-order valence-electron chi connectivity index (χ2n) is 18.3. The van der Waals surface area contributed by atoms with Crippen molar-refractivity contribution >= 4 is 0 Å². The SMILES string of the molecule is CC(C)(O)[C@@H]1CC[C@](C)([C@H]2[C@@H](O)C[C@@]3(C)C4C[C@H](O[C@@H]5OC[C@@H](O)[C@H](O)[C@H]5O)C5C(C)(C)[C@@H](O)CC[C@@]56C[C@@]46CC[C@]23C)O1. The van der Waals surface area contributed by atoms with Crippen LogP contribution in [0.15, 0.2) is 0 Å². The predicted molar refractivity (Wildman–Crippen MR) is 161 cm³/mol. The molecule has 7 aliphatic rings. The van der Waals surface area contributed by atoms with Gasteiger partial charge in [0.15, 0.2) is 6.29 Å². The number of aliphatic hydroxyl groups excluding tert-OH is 5. The normalized spacial score (nSPS) is 59.8. The predicted octanol–water partition coefficient (Wildman–Crippen LogP) is 2.90. The Balaban J connectivity index is 1.25. The maximum absolute atomic E-state index is 12.0. The fourth-order valence-corrected chi connectivity index (χ4v) is 13.3. The number of hydrogen-bond donors (Lipinski definition) is 6. The number of ether oxygens (including phenoxy) is 3. The molecule has 7 fully saturated rings. The summed E-state index contributed by atoms with van der Waals surface area (Å²) in [5, 5.41) is 65.6. The van der Waals surface area contributed by atoms with Gasteiger partial charge in [0.25, 0.3) is 0 Å². The molecule has 7 rings (SSSR count). The molecule has 2 heterocycles. The molecule has 16 atom stereocenters. The van der Waals surface area contributed by atoms with Crippen LogP contribution in [0.1, 0.15) is 106 Å².